The van der Waals surface area contributed by atoms with Gasteiger partial charge in [0, 0.05) is 31.9 Å². The largest absolute Gasteiger partial charge is 0.495 e. The van der Waals surface area contributed by atoms with Gasteiger partial charge in [0.1, 0.15) is 5.75 Å². The summed E-state index contributed by atoms with van der Waals surface area (Å²) >= 11 is 0. The molecule has 0 spiro atoms. The number of hydrogen-bond acceptors (Lipinski definition) is 4. The average Bonchev–Trinajstić information content (AvgIpc) is 3.15. The number of rotatable bonds is 4. The van der Waals surface area contributed by atoms with Crippen molar-refractivity contribution in [2.24, 2.45) is 0 Å². The van der Waals surface area contributed by atoms with E-state index in [1.54, 1.807) is 7.11 Å². The van der Waals surface area contributed by atoms with Gasteiger partial charge in [0.2, 0.25) is 0 Å². The first kappa shape index (κ1) is 18.1. The fraction of sp³-hybridized carbons (Fsp3) is 0.273. The summed E-state index contributed by atoms with van der Waals surface area (Å²) in [6, 6.07) is 19.7. The van der Waals surface area contributed by atoms with Crippen molar-refractivity contribution in [1.29, 1.82) is 0 Å². The second-order valence-electron chi connectivity index (χ2n) is 6.87. The second kappa shape index (κ2) is 7.76. The maximum absolute atomic E-state index is 13.0. The van der Waals surface area contributed by atoms with Gasteiger partial charge < -0.3 is 14.5 Å². The van der Waals surface area contributed by atoms with Crippen LogP contribution in [0.3, 0.4) is 0 Å². The molecule has 2 heterocycles. The number of carbonyl (C=O) groups excluding carboxylic acids is 1. The fourth-order valence-electron chi connectivity index (χ4n) is 3.61. The zero-order valence-electron chi connectivity index (χ0n) is 16.2. The number of ether oxygens (including phenoxy) is 1. The van der Waals surface area contributed by atoms with Crippen molar-refractivity contribution in [3.8, 4) is 11.4 Å². The Bertz CT molecular complexity index is 960. The molecule has 0 unspecified atom stereocenters. The van der Waals surface area contributed by atoms with Gasteiger partial charge in [-0.25, -0.2) is 4.68 Å². The number of aromatic nitrogens is 2. The first-order chi connectivity index (χ1) is 13.7. The summed E-state index contributed by atoms with van der Waals surface area (Å²) in [6.07, 6.45) is 0. The topological polar surface area (TPSA) is 50.6 Å². The molecule has 6 nitrogen and oxygen atoms in total. The predicted octanol–water partition coefficient (Wildman–Crippen LogP) is 3.15. The monoisotopic (exact) mass is 376 g/mol. The molecule has 0 N–H and O–H groups in total. The number of carbonyl (C=O) groups is 1. The lowest BCUT2D eigenvalue weighted by molar-refractivity contribution is 0.0740. The smallest absolute Gasteiger partial charge is 0.274 e. The maximum Gasteiger partial charge on any atom is 0.274 e. The van der Waals surface area contributed by atoms with Gasteiger partial charge in [-0.15, -0.1) is 0 Å². The number of amides is 1. The number of aryl methyl sites for hydroxylation is 1. The summed E-state index contributed by atoms with van der Waals surface area (Å²) in [5.74, 6) is 0.844. The third-order valence-electron chi connectivity index (χ3n) is 5.10. The molecule has 0 bridgehead atoms. The Labute approximate surface area is 164 Å². The van der Waals surface area contributed by atoms with E-state index in [2.05, 4.69) is 16.1 Å². The number of piperazine rings is 1. The van der Waals surface area contributed by atoms with E-state index in [9.17, 15) is 4.79 Å². The third kappa shape index (κ3) is 3.45. The van der Waals surface area contributed by atoms with Crippen molar-refractivity contribution in [3.05, 3.63) is 72.1 Å². The average molecular weight is 376 g/mol. The highest BCUT2D eigenvalue weighted by atomic mass is 16.5. The molecule has 1 amide bonds. The summed E-state index contributed by atoms with van der Waals surface area (Å²) in [5.41, 5.74) is 3.47. The summed E-state index contributed by atoms with van der Waals surface area (Å²) in [6.45, 7) is 4.83. The van der Waals surface area contributed by atoms with E-state index in [-0.39, 0.29) is 5.91 Å². The van der Waals surface area contributed by atoms with E-state index in [0.717, 1.165) is 35.9 Å². The Kier molecular flexibility index (Phi) is 5.02. The van der Waals surface area contributed by atoms with Gasteiger partial charge in [-0.2, -0.15) is 5.10 Å². The molecule has 3 aromatic rings. The predicted molar refractivity (Wildman–Crippen MR) is 109 cm³/mol. The van der Waals surface area contributed by atoms with Crippen molar-refractivity contribution in [3.63, 3.8) is 0 Å². The lowest BCUT2D eigenvalue weighted by Gasteiger charge is -2.36. The first-order valence-electron chi connectivity index (χ1n) is 9.46. The lowest BCUT2D eigenvalue weighted by Crippen LogP contribution is -2.49. The van der Waals surface area contributed by atoms with Crippen LogP contribution in [0.2, 0.25) is 0 Å². The summed E-state index contributed by atoms with van der Waals surface area (Å²) in [5, 5.41) is 4.55. The molecular formula is C22H24N4O2. The number of hydrogen-bond donors (Lipinski definition) is 0. The van der Waals surface area contributed by atoms with E-state index in [4.69, 9.17) is 4.74 Å². The van der Waals surface area contributed by atoms with Crippen LogP contribution in [0, 0.1) is 6.92 Å². The molecule has 6 heteroatoms. The molecule has 0 atom stereocenters. The number of nitrogens with zero attached hydrogens (tertiary/aromatic N) is 4. The number of para-hydroxylation sites is 3. The van der Waals surface area contributed by atoms with Gasteiger partial charge in [0.15, 0.2) is 5.69 Å². The van der Waals surface area contributed by atoms with Crippen LogP contribution in [-0.2, 0) is 0 Å². The van der Waals surface area contributed by atoms with Gasteiger partial charge in [-0.05, 0) is 37.3 Å². The molecule has 28 heavy (non-hydrogen) atoms. The van der Waals surface area contributed by atoms with Gasteiger partial charge in [-0.1, -0.05) is 30.3 Å². The van der Waals surface area contributed by atoms with E-state index in [0.29, 0.717) is 18.8 Å². The molecular weight excluding hydrogens is 352 g/mol. The molecule has 4 rings (SSSR count). The third-order valence-corrected chi connectivity index (χ3v) is 5.10. The molecule has 144 valence electrons. The highest BCUT2D eigenvalue weighted by molar-refractivity contribution is 5.92. The summed E-state index contributed by atoms with van der Waals surface area (Å²) < 4.78 is 7.28. The minimum atomic E-state index is -0.0162. The Morgan fingerprint density at radius 1 is 0.964 bits per heavy atom. The molecule has 2 aromatic carbocycles. The maximum atomic E-state index is 13.0. The van der Waals surface area contributed by atoms with Gasteiger partial charge in [-0.3, -0.25) is 4.79 Å². The summed E-state index contributed by atoms with van der Waals surface area (Å²) in [7, 11) is 1.68. The standard InChI is InChI=1S/C22H24N4O2/c1-17-16-19(23-26(17)18-8-4-3-5-9-18)22(27)25-14-12-24(13-15-25)20-10-6-7-11-21(20)28-2/h3-11,16H,12-15H2,1-2H3. The Hall–Kier alpha value is -3.28. The Balaban J connectivity index is 1.46. The normalized spacial score (nSPS) is 14.2. The van der Waals surface area contributed by atoms with Crippen LogP contribution in [0.5, 0.6) is 5.75 Å². The number of benzene rings is 2. The van der Waals surface area contributed by atoms with Crippen molar-refractivity contribution < 1.29 is 9.53 Å². The van der Waals surface area contributed by atoms with Crippen molar-refractivity contribution in [2.45, 2.75) is 6.92 Å². The van der Waals surface area contributed by atoms with E-state index in [1.807, 2.05) is 71.1 Å². The van der Waals surface area contributed by atoms with Crippen molar-refractivity contribution in [2.75, 3.05) is 38.2 Å². The quantitative estimate of drug-likeness (QED) is 0.702. The fourth-order valence-corrected chi connectivity index (χ4v) is 3.61. The zero-order chi connectivity index (χ0) is 19.5. The van der Waals surface area contributed by atoms with Crippen molar-refractivity contribution >= 4 is 11.6 Å². The van der Waals surface area contributed by atoms with Gasteiger partial charge in [0.25, 0.3) is 5.91 Å². The summed E-state index contributed by atoms with van der Waals surface area (Å²) in [4.78, 5) is 17.1. The minimum Gasteiger partial charge on any atom is -0.495 e. The number of methoxy groups -OCH3 is 1. The number of anilines is 1. The van der Waals surface area contributed by atoms with E-state index >= 15 is 0 Å². The zero-order valence-corrected chi connectivity index (χ0v) is 16.2. The molecule has 1 fully saturated rings. The highest BCUT2D eigenvalue weighted by Gasteiger charge is 2.25. The first-order valence-corrected chi connectivity index (χ1v) is 9.46. The van der Waals surface area contributed by atoms with Crippen LogP contribution < -0.4 is 9.64 Å². The lowest BCUT2D eigenvalue weighted by atomic mass is 10.2. The van der Waals surface area contributed by atoms with E-state index < -0.39 is 0 Å². The highest BCUT2D eigenvalue weighted by Crippen LogP contribution is 2.28. The Morgan fingerprint density at radius 3 is 2.36 bits per heavy atom. The molecule has 1 aliphatic rings. The van der Waals surface area contributed by atoms with Gasteiger partial charge >= 0.3 is 0 Å². The van der Waals surface area contributed by atoms with Crippen LogP contribution in [0.25, 0.3) is 5.69 Å². The van der Waals surface area contributed by atoms with Crippen LogP contribution in [-0.4, -0.2) is 53.9 Å². The minimum absolute atomic E-state index is 0.0162. The SMILES string of the molecule is COc1ccccc1N1CCN(C(=O)c2cc(C)n(-c3ccccc3)n2)CC1. The van der Waals surface area contributed by atoms with Gasteiger partial charge in [0.05, 0.1) is 18.5 Å². The molecule has 1 saturated heterocycles. The van der Waals surface area contributed by atoms with Crippen LogP contribution in [0.4, 0.5) is 5.69 Å². The second-order valence-corrected chi connectivity index (χ2v) is 6.87. The van der Waals surface area contributed by atoms with Crippen LogP contribution in [0.1, 0.15) is 16.2 Å². The van der Waals surface area contributed by atoms with Crippen molar-refractivity contribution in [1.82, 2.24) is 14.7 Å². The Morgan fingerprint density at radius 2 is 1.64 bits per heavy atom. The molecule has 0 aliphatic carbocycles. The molecule has 0 radical (unpaired) electrons. The molecule has 1 aromatic heterocycles. The molecule has 0 saturated carbocycles. The molecule has 1 aliphatic heterocycles. The van der Waals surface area contributed by atoms with E-state index in [1.165, 1.54) is 0 Å². The van der Waals surface area contributed by atoms with Crippen LogP contribution >= 0.6 is 0 Å². The van der Waals surface area contributed by atoms with Crippen LogP contribution in [0.15, 0.2) is 60.7 Å².